The SMILES string of the molecule is O=C(N1CCC(C2OCCO2)CC1)C1(c2ccc(F)cc2)CC1. The molecule has 2 heterocycles. The molecule has 124 valence electrons. The number of carbonyl (C=O) groups excluding carboxylic acids is 1. The molecule has 0 unspecified atom stereocenters. The first-order valence-corrected chi connectivity index (χ1v) is 8.48. The zero-order valence-corrected chi connectivity index (χ0v) is 13.2. The Morgan fingerprint density at radius 1 is 1.09 bits per heavy atom. The van der Waals surface area contributed by atoms with Crippen LogP contribution in [0, 0.1) is 11.7 Å². The molecule has 3 fully saturated rings. The van der Waals surface area contributed by atoms with Crippen molar-refractivity contribution < 1.29 is 18.7 Å². The molecule has 1 amide bonds. The van der Waals surface area contributed by atoms with Gasteiger partial charge in [0.2, 0.25) is 5.91 Å². The maximum atomic E-state index is 13.1. The van der Waals surface area contributed by atoms with E-state index in [0.717, 1.165) is 44.3 Å². The van der Waals surface area contributed by atoms with Gasteiger partial charge in [-0.1, -0.05) is 12.1 Å². The van der Waals surface area contributed by atoms with E-state index in [0.29, 0.717) is 19.1 Å². The van der Waals surface area contributed by atoms with Crippen molar-refractivity contribution in [3.05, 3.63) is 35.6 Å². The second kappa shape index (κ2) is 5.87. The lowest BCUT2D eigenvalue weighted by atomic mass is 9.91. The first-order valence-electron chi connectivity index (χ1n) is 8.48. The molecule has 0 spiro atoms. The Labute approximate surface area is 135 Å². The average molecular weight is 319 g/mol. The number of benzene rings is 1. The summed E-state index contributed by atoms with van der Waals surface area (Å²) in [5.41, 5.74) is 0.550. The van der Waals surface area contributed by atoms with Gasteiger partial charge in [0.05, 0.1) is 18.6 Å². The largest absolute Gasteiger partial charge is 0.350 e. The average Bonchev–Trinajstić information content (AvgIpc) is 3.21. The van der Waals surface area contributed by atoms with E-state index in [1.54, 1.807) is 12.1 Å². The first-order chi connectivity index (χ1) is 11.2. The fourth-order valence-corrected chi connectivity index (χ4v) is 3.85. The predicted molar refractivity (Wildman–Crippen MR) is 82.3 cm³/mol. The lowest BCUT2D eigenvalue weighted by Gasteiger charge is -2.36. The van der Waals surface area contributed by atoms with Crippen LogP contribution in [0.1, 0.15) is 31.2 Å². The summed E-state index contributed by atoms with van der Waals surface area (Å²) >= 11 is 0. The van der Waals surface area contributed by atoms with Crippen molar-refractivity contribution in [1.82, 2.24) is 4.90 Å². The van der Waals surface area contributed by atoms with Crippen molar-refractivity contribution >= 4 is 5.91 Å². The highest BCUT2D eigenvalue weighted by atomic mass is 19.1. The molecule has 0 aromatic heterocycles. The highest BCUT2D eigenvalue weighted by Crippen LogP contribution is 2.50. The van der Waals surface area contributed by atoms with E-state index in [1.807, 2.05) is 4.90 Å². The van der Waals surface area contributed by atoms with Crippen molar-refractivity contribution in [2.75, 3.05) is 26.3 Å². The molecule has 2 aliphatic heterocycles. The summed E-state index contributed by atoms with van der Waals surface area (Å²) in [7, 11) is 0. The molecule has 4 nitrogen and oxygen atoms in total. The van der Waals surface area contributed by atoms with Gasteiger partial charge in [-0.25, -0.2) is 4.39 Å². The quantitative estimate of drug-likeness (QED) is 0.859. The Morgan fingerprint density at radius 3 is 2.26 bits per heavy atom. The summed E-state index contributed by atoms with van der Waals surface area (Å²) in [6.07, 6.45) is 3.50. The van der Waals surface area contributed by atoms with Gasteiger partial charge >= 0.3 is 0 Å². The molecular formula is C18H22FNO3. The van der Waals surface area contributed by atoms with Crippen molar-refractivity contribution in [3.8, 4) is 0 Å². The van der Waals surface area contributed by atoms with Crippen molar-refractivity contribution in [3.63, 3.8) is 0 Å². The molecule has 0 atom stereocenters. The minimum atomic E-state index is -0.402. The predicted octanol–water partition coefficient (Wildman–Crippen LogP) is 2.47. The molecule has 23 heavy (non-hydrogen) atoms. The normalized spacial score (nSPS) is 24.8. The van der Waals surface area contributed by atoms with Gasteiger partial charge in [0.1, 0.15) is 5.82 Å². The van der Waals surface area contributed by atoms with Crippen LogP contribution in [0.4, 0.5) is 4.39 Å². The molecule has 1 saturated carbocycles. The number of carbonyl (C=O) groups is 1. The van der Waals surface area contributed by atoms with E-state index < -0.39 is 5.41 Å². The van der Waals surface area contributed by atoms with E-state index in [-0.39, 0.29) is 18.0 Å². The van der Waals surface area contributed by atoms with Crippen LogP contribution in [0.5, 0.6) is 0 Å². The van der Waals surface area contributed by atoms with E-state index in [9.17, 15) is 9.18 Å². The van der Waals surface area contributed by atoms with Gasteiger partial charge in [0, 0.05) is 19.0 Å². The third kappa shape index (κ3) is 2.76. The van der Waals surface area contributed by atoms with Crippen LogP contribution in [0.25, 0.3) is 0 Å². The lowest BCUT2D eigenvalue weighted by Crippen LogP contribution is -2.45. The molecule has 5 heteroatoms. The van der Waals surface area contributed by atoms with Crippen LogP contribution in [0.15, 0.2) is 24.3 Å². The monoisotopic (exact) mass is 319 g/mol. The number of ether oxygens (including phenoxy) is 2. The third-order valence-electron chi connectivity index (χ3n) is 5.42. The van der Waals surface area contributed by atoms with Gasteiger partial charge in [-0.3, -0.25) is 4.79 Å². The van der Waals surface area contributed by atoms with Gasteiger partial charge in [0.15, 0.2) is 6.29 Å². The zero-order chi connectivity index (χ0) is 15.9. The summed E-state index contributed by atoms with van der Waals surface area (Å²) < 4.78 is 24.3. The van der Waals surface area contributed by atoms with Crippen molar-refractivity contribution in [1.29, 1.82) is 0 Å². The van der Waals surface area contributed by atoms with Crippen LogP contribution >= 0.6 is 0 Å². The molecule has 1 aromatic carbocycles. The molecule has 4 rings (SSSR count). The summed E-state index contributed by atoms with van der Waals surface area (Å²) in [6, 6.07) is 6.41. The van der Waals surface area contributed by atoms with Gasteiger partial charge in [-0.05, 0) is 43.4 Å². The van der Waals surface area contributed by atoms with Crippen LogP contribution in [0.3, 0.4) is 0 Å². The van der Waals surface area contributed by atoms with Crippen molar-refractivity contribution in [2.45, 2.75) is 37.4 Å². The third-order valence-corrected chi connectivity index (χ3v) is 5.42. The van der Waals surface area contributed by atoms with Crippen LogP contribution in [-0.4, -0.2) is 43.4 Å². The van der Waals surface area contributed by atoms with Gasteiger partial charge in [-0.2, -0.15) is 0 Å². The maximum absolute atomic E-state index is 13.1. The second-order valence-electron chi connectivity index (χ2n) is 6.83. The summed E-state index contributed by atoms with van der Waals surface area (Å²) in [5.74, 6) is 0.340. The summed E-state index contributed by atoms with van der Waals surface area (Å²) in [6.45, 7) is 2.88. The molecule has 0 bridgehead atoms. The Hall–Kier alpha value is -1.46. The van der Waals surface area contributed by atoms with Gasteiger partial charge < -0.3 is 14.4 Å². The van der Waals surface area contributed by atoms with Crippen LogP contribution in [-0.2, 0) is 19.7 Å². The molecule has 2 saturated heterocycles. The summed E-state index contributed by atoms with van der Waals surface area (Å²) in [5, 5.41) is 0. The number of hydrogen-bond acceptors (Lipinski definition) is 3. The highest BCUT2D eigenvalue weighted by molar-refractivity contribution is 5.91. The number of hydrogen-bond donors (Lipinski definition) is 0. The van der Waals surface area contributed by atoms with Crippen LogP contribution < -0.4 is 0 Å². The Balaban J connectivity index is 1.41. The van der Waals surface area contributed by atoms with Gasteiger partial charge in [-0.15, -0.1) is 0 Å². The Bertz CT molecular complexity index is 570. The van der Waals surface area contributed by atoms with E-state index in [1.165, 1.54) is 12.1 Å². The number of amides is 1. The smallest absolute Gasteiger partial charge is 0.233 e. The van der Waals surface area contributed by atoms with E-state index in [4.69, 9.17) is 9.47 Å². The van der Waals surface area contributed by atoms with E-state index >= 15 is 0 Å². The number of piperidine rings is 1. The maximum Gasteiger partial charge on any atom is 0.233 e. The molecular weight excluding hydrogens is 297 g/mol. The second-order valence-corrected chi connectivity index (χ2v) is 6.83. The molecule has 1 aliphatic carbocycles. The fourth-order valence-electron chi connectivity index (χ4n) is 3.85. The Kier molecular flexibility index (Phi) is 3.85. The van der Waals surface area contributed by atoms with Crippen LogP contribution in [0.2, 0.25) is 0 Å². The topological polar surface area (TPSA) is 38.8 Å². The lowest BCUT2D eigenvalue weighted by molar-refractivity contribution is -0.139. The summed E-state index contributed by atoms with van der Waals surface area (Å²) in [4.78, 5) is 14.9. The Morgan fingerprint density at radius 2 is 1.70 bits per heavy atom. The zero-order valence-electron chi connectivity index (χ0n) is 13.2. The highest BCUT2D eigenvalue weighted by Gasteiger charge is 2.53. The van der Waals surface area contributed by atoms with Gasteiger partial charge in [0.25, 0.3) is 0 Å². The molecule has 0 radical (unpaired) electrons. The van der Waals surface area contributed by atoms with E-state index in [2.05, 4.69) is 0 Å². The minimum Gasteiger partial charge on any atom is -0.350 e. The number of likely N-dealkylation sites (tertiary alicyclic amines) is 1. The standard InChI is InChI=1S/C18H22FNO3/c19-15-3-1-14(2-4-15)18(7-8-18)17(21)20-9-5-13(6-10-20)16-22-11-12-23-16/h1-4,13,16H,5-12H2. The number of rotatable bonds is 3. The van der Waals surface area contributed by atoms with Crippen molar-refractivity contribution in [2.24, 2.45) is 5.92 Å². The molecule has 3 aliphatic rings. The molecule has 1 aromatic rings. The number of halogens is 1. The molecule has 0 N–H and O–H groups in total. The number of nitrogens with zero attached hydrogens (tertiary/aromatic N) is 1. The first kappa shape index (κ1) is 15.1. The minimum absolute atomic E-state index is 0.0840. The fraction of sp³-hybridized carbons (Fsp3) is 0.611.